The average molecular weight is 463 g/mol. The number of nitrogens with zero attached hydrogens (tertiary/aromatic N) is 6. The smallest absolute Gasteiger partial charge is 0.336 e. The molecule has 1 amide bonds. The Labute approximate surface area is 195 Å². The minimum absolute atomic E-state index is 0.0271. The number of rotatable bonds is 5. The lowest BCUT2D eigenvalue weighted by Crippen LogP contribution is -2.48. The molecular weight excluding hydrogens is 440 g/mol. The van der Waals surface area contributed by atoms with Crippen molar-refractivity contribution in [1.29, 1.82) is 0 Å². The molecule has 0 bridgehead atoms. The third-order valence-electron chi connectivity index (χ3n) is 5.88. The zero-order chi connectivity index (χ0) is 22.8. The molecule has 1 aliphatic rings. The zero-order valence-corrected chi connectivity index (χ0v) is 18.7. The first-order valence-electron chi connectivity index (χ1n) is 10.8. The lowest BCUT2D eigenvalue weighted by Gasteiger charge is -2.34. The van der Waals surface area contributed by atoms with Crippen LogP contribution < -0.4 is 5.69 Å². The molecule has 0 radical (unpaired) electrons. The Balaban J connectivity index is 1.19. The predicted octanol–water partition coefficient (Wildman–Crippen LogP) is 2.55. The normalized spacial score (nSPS) is 14.6. The lowest BCUT2D eigenvalue weighted by atomic mass is 10.1. The fourth-order valence-electron chi connectivity index (χ4n) is 4.05. The first-order chi connectivity index (χ1) is 16.1. The maximum atomic E-state index is 13.0. The standard InChI is InChI=1S/C24H23ClN6O2/c25-21-9-6-19(15-26-21)16-28-11-13-29(14-12-28)23(32)20-7-4-18(5-8-20)17-31-24(33)30-10-2-1-3-22(30)27-31/h1-10,15H,11-14,16-17H2. The highest BCUT2D eigenvalue weighted by Crippen LogP contribution is 2.14. The van der Waals surface area contributed by atoms with Crippen LogP contribution in [0.2, 0.25) is 5.15 Å². The van der Waals surface area contributed by atoms with E-state index < -0.39 is 0 Å². The molecule has 4 heterocycles. The van der Waals surface area contributed by atoms with E-state index in [0.717, 1.165) is 30.8 Å². The predicted molar refractivity (Wildman–Crippen MR) is 125 cm³/mol. The second kappa shape index (κ2) is 9.17. The van der Waals surface area contributed by atoms with Crippen molar-refractivity contribution < 1.29 is 4.79 Å². The minimum atomic E-state index is -0.182. The van der Waals surface area contributed by atoms with Gasteiger partial charge in [0.15, 0.2) is 5.65 Å². The van der Waals surface area contributed by atoms with E-state index in [9.17, 15) is 9.59 Å². The van der Waals surface area contributed by atoms with Crippen LogP contribution in [0, 0.1) is 0 Å². The molecule has 4 aromatic rings. The summed E-state index contributed by atoms with van der Waals surface area (Å²) in [5, 5.41) is 4.85. The molecule has 9 heteroatoms. The second-order valence-electron chi connectivity index (χ2n) is 8.12. The highest BCUT2D eigenvalue weighted by atomic mass is 35.5. The van der Waals surface area contributed by atoms with Crippen LogP contribution in [-0.4, -0.2) is 61.1 Å². The Bertz CT molecular complexity index is 1320. The first kappa shape index (κ1) is 21.4. The number of halogens is 1. The summed E-state index contributed by atoms with van der Waals surface area (Å²) in [6.45, 7) is 4.12. The minimum Gasteiger partial charge on any atom is -0.336 e. The maximum absolute atomic E-state index is 13.0. The van der Waals surface area contributed by atoms with Crippen LogP contribution in [0.5, 0.6) is 0 Å². The first-order valence-corrected chi connectivity index (χ1v) is 11.2. The van der Waals surface area contributed by atoms with Crippen molar-refractivity contribution in [3.05, 3.63) is 99.3 Å². The number of benzene rings is 1. The van der Waals surface area contributed by atoms with Gasteiger partial charge in [-0.25, -0.2) is 14.5 Å². The van der Waals surface area contributed by atoms with Gasteiger partial charge in [-0.15, -0.1) is 5.10 Å². The van der Waals surface area contributed by atoms with Gasteiger partial charge in [-0.2, -0.15) is 0 Å². The van der Waals surface area contributed by atoms with Gasteiger partial charge in [0.25, 0.3) is 5.91 Å². The summed E-state index contributed by atoms with van der Waals surface area (Å²) in [6.07, 6.45) is 3.50. The molecule has 0 spiro atoms. The van der Waals surface area contributed by atoms with Crippen molar-refractivity contribution in [1.82, 2.24) is 29.0 Å². The molecule has 3 aromatic heterocycles. The summed E-state index contributed by atoms with van der Waals surface area (Å²) < 4.78 is 2.95. The molecule has 1 saturated heterocycles. The van der Waals surface area contributed by atoms with Crippen molar-refractivity contribution in [3.8, 4) is 0 Å². The van der Waals surface area contributed by atoms with Crippen LogP contribution in [-0.2, 0) is 13.1 Å². The molecule has 0 unspecified atom stereocenters. The molecule has 1 aliphatic heterocycles. The lowest BCUT2D eigenvalue weighted by molar-refractivity contribution is 0.0628. The van der Waals surface area contributed by atoms with Crippen LogP contribution in [0.25, 0.3) is 5.65 Å². The number of carbonyl (C=O) groups is 1. The summed E-state index contributed by atoms with van der Waals surface area (Å²) >= 11 is 5.85. The topological polar surface area (TPSA) is 75.7 Å². The number of carbonyl (C=O) groups excluding carboxylic acids is 1. The molecule has 33 heavy (non-hydrogen) atoms. The number of fused-ring (bicyclic) bond motifs is 1. The van der Waals surface area contributed by atoms with Crippen molar-refractivity contribution >= 4 is 23.2 Å². The van der Waals surface area contributed by atoms with Crippen molar-refractivity contribution in [2.24, 2.45) is 0 Å². The highest BCUT2D eigenvalue weighted by Gasteiger charge is 2.22. The molecule has 8 nitrogen and oxygen atoms in total. The highest BCUT2D eigenvalue weighted by molar-refractivity contribution is 6.29. The second-order valence-corrected chi connectivity index (χ2v) is 8.51. The molecule has 168 valence electrons. The molecule has 5 rings (SSSR count). The van der Waals surface area contributed by atoms with Gasteiger partial charge in [-0.1, -0.05) is 35.9 Å². The summed E-state index contributed by atoms with van der Waals surface area (Å²) in [6, 6.07) is 16.6. The Kier molecular flexibility index (Phi) is 5.93. The van der Waals surface area contributed by atoms with Crippen molar-refractivity contribution in [3.63, 3.8) is 0 Å². The van der Waals surface area contributed by atoms with E-state index in [0.29, 0.717) is 36.0 Å². The Hall–Kier alpha value is -3.49. The number of amides is 1. The summed E-state index contributed by atoms with van der Waals surface area (Å²) in [5.74, 6) is 0.0271. The quantitative estimate of drug-likeness (QED) is 0.426. The van der Waals surface area contributed by atoms with Crippen LogP contribution in [0.3, 0.4) is 0 Å². The number of hydrogen-bond donors (Lipinski definition) is 0. The van der Waals surface area contributed by atoms with Gasteiger partial charge in [0.1, 0.15) is 5.15 Å². The molecule has 1 aromatic carbocycles. The Morgan fingerprint density at radius 1 is 0.909 bits per heavy atom. The van der Waals surface area contributed by atoms with E-state index in [1.165, 1.54) is 9.08 Å². The van der Waals surface area contributed by atoms with Crippen LogP contribution >= 0.6 is 11.6 Å². The van der Waals surface area contributed by atoms with Gasteiger partial charge in [0, 0.05) is 50.7 Å². The maximum Gasteiger partial charge on any atom is 0.350 e. The fourth-order valence-corrected chi connectivity index (χ4v) is 4.16. The number of hydrogen-bond acceptors (Lipinski definition) is 5. The molecule has 0 saturated carbocycles. The molecule has 0 aliphatic carbocycles. The largest absolute Gasteiger partial charge is 0.350 e. The molecular formula is C24H23ClN6O2. The molecule has 0 atom stereocenters. The van der Waals surface area contributed by atoms with E-state index in [1.54, 1.807) is 30.6 Å². The van der Waals surface area contributed by atoms with E-state index in [2.05, 4.69) is 15.0 Å². The molecule has 1 fully saturated rings. The summed E-state index contributed by atoms with van der Waals surface area (Å²) in [5.41, 5.74) is 3.10. The average Bonchev–Trinajstić information content (AvgIpc) is 3.16. The van der Waals surface area contributed by atoms with Gasteiger partial charge in [-0.3, -0.25) is 14.1 Å². The van der Waals surface area contributed by atoms with Crippen LogP contribution in [0.4, 0.5) is 0 Å². The number of aromatic nitrogens is 4. The summed E-state index contributed by atoms with van der Waals surface area (Å²) in [4.78, 5) is 33.7. The van der Waals surface area contributed by atoms with Gasteiger partial charge < -0.3 is 4.90 Å². The summed E-state index contributed by atoms with van der Waals surface area (Å²) in [7, 11) is 0. The van der Waals surface area contributed by atoms with Crippen molar-refractivity contribution in [2.45, 2.75) is 13.1 Å². The number of piperazine rings is 1. The van der Waals surface area contributed by atoms with Crippen molar-refractivity contribution in [2.75, 3.05) is 26.2 Å². The zero-order valence-electron chi connectivity index (χ0n) is 18.0. The Morgan fingerprint density at radius 2 is 1.67 bits per heavy atom. The van der Waals surface area contributed by atoms with E-state index in [-0.39, 0.29) is 11.6 Å². The van der Waals surface area contributed by atoms with E-state index in [1.807, 2.05) is 41.3 Å². The van der Waals surface area contributed by atoms with Gasteiger partial charge >= 0.3 is 5.69 Å². The van der Waals surface area contributed by atoms with Gasteiger partial charge in [0.05, 0.1) is 6.54 Å². The third-order valence-corrected chi connectivity index (χ3v) is 6.10. The molecule has 0 N–H and O–H groups in total. The van der Waals surface area contributed by atoms with Crippen LogP contribution in [0.15, 0.2) is 71.8 Å². The van der Waals surface area contributed by atoms with Gasteiger partial charge in [0.2, 0.25) is 0 Å². The van der Waals surface area contributed by atoms with E-state index >= 15 is 0 Å². The Morgan fingerprint density at radius 3 is 2.36 bits per heavy atom. The van der Waals surface area contributed by atoms with E-state index in [4.69, 9.17) is 11.6 Å². The SMILES string of the molecule is O=C(c1ccc(Cn2nc3ccccn3c2=O)cc1)N1CCN(Cc2ccc(Cl)nc2)CC1. The fraction of sp³-hybridized carbons (Fsp3) is 0.250. The van der Waals surface area contributed by atoms with Crippen LogP contribution in [0.1, 0.15) is 21.5 Å². The third kappa shape index (κ3) is 4.67. The number of pyridine rings is 2. The van der Waals surface area contributed by atoms with Gasteiger partial charge in [-0.05, 0) is 41.5 Å². The monoisotopic (exact) mass is 462 g/mol.